The lowest BCUT2D eigenvalue weighted by atomic mass is 9.87. The number of amides is 2. The second-order valence-electron chi connectivity index (χ2n) is 7.14. The molecule has 6 nitrogen and oxygen atoms in total. The van der Waals surface area contributed by atoms with Crippen LogP contribution in [0.1, 0.15) is 36.7 Å². The molecular weight excluding hydrogens is 376 g/mol. The molecule has 0 saturated carbocycles. The van der Waals surface area contributed by atoms with E-state index in [1.807, 2.05) is 12.1 Å². The molecule has 0 unspecified atom stereocenters. The van der Waals surface area contributed by atoms with Crippen molar-refractivity contribution in [2.75, 3.05) is 20.0 Å². The van der Waals surface area contributed by atoms with E-state index >= 15 is 0 Å². The zero-order chi connectivity index (χ0) is 20.7. The van der Waals surface area contributed by atoms with E-state index < -0.39 is 5.91 Å². The Bertz CT molecular complexity index is 829. The van der Waals surface area contributed by atoms with Crippen molar-refractivity contribution in [1.82, 2.24) is 10.9 Å². The molecule has 2 rings (SSSR count). The van der Waals surface area contributed by atoms with E-state index in [-0.39, 0.29) is 17.1 Å². The minimum Gasteiger partial charge on any atom is -0.493 e. The van der Waals surface area contributed by atoms with Crippen LogP contribution < -0.4 is 20.3 Å². The maximum Gasteiger partial charge on any atom is 0.269 e. The average Bonchev–Trinajstić information content (AvgIpc) is 2.69. The molecule has 0 saturated heterocycles. The number of benzene rings is 2. The first-order valence-electron chi connectivity index (χ1n) is 8.79. The Hall–Kier alpha value is -2.67. The van der Waals surface area contributed by atoms with Gasteiger partial charge in [-0.15, -0.1) is 11.8 Å². The predicted molar refractivity (Wildman–Crippen MR) is 111 cm³/mol. The van der Waals surface area contributed by atoms with Gasteiger partial charge in [0.2, 0.25) is 5.91 Å². The molecule has 2 N–H and O–H groups in total. The topological polar surface area (TPSA) is 76.7 Å². The highest BCUT2D eigenvalue weighted by molar-refractivity contribution is 8.00. The molecule has 0 aromatic heterocycles. The fraction of sp³-hybridized carbons (Fsp3) is 0.333. The molecular formula is C21H26N2O4S. The highest BCUT2D eigenvalue weighted by atomic mass is 32.2. The van der Waals surface area contributed by atoms with Crippen LogP contribution in [-0.4, -0.2) is 31.8 Å². The molecule has 0 aliphatic carbocycles. The molecule has 28 heavy (non-hydrogen) atoms. The Labute approximate surface area is 170 Å². The number of rotatable bonds is 6. The van der Waals surface area contributed by atoms with Crippen LogP contribution in [0.25, 0.3) is 0 Å². The fourth-order valence-corrected chi connectivity index (χ4v) is 3.11. The second-order valence-corrected chi connectivity index (χ2v) is 8.18. The van der Waals surface area contributed by atoms with Crippen LogP contribution in [0.3, 0.4) is 0 Å². The first kappa shape index (κ1) is 21.6. The van der Waals surface area contributed by atoms with Gasteiger partial charge in [0.1, 0.15) is 0 Å². The molecule has 7 heteroatoms. The van der Waals surface area contributed by atoms with Crippen LogP contribution in [0, 0.1) is 0 Å². The van der Waals surface area contributed by atoms with Gasteiger partial charge in [0.25, 0.3) is 5.91 Å². The standard InChI is InChI=1S/C21H26N2O4S/c1-21(2,3)15-7-9-16(10-8-15)28-13-19(24)22-23-20(25)14-6-11-17(26-4)18(12-14)27-5/h6-12H,13H2,1-5H3,(H,22,24)(H,23,25). The van der Waals surface area contributed by atoms with Crippen LogP contribution in [0.2, 0.25) is 0 Å². The summed E-state index contributed by atoms with van der Waals surface area (Å²) in [6.45, 7) is 6.47. The smallest absolute Gasteiger partial charge is 0.269 e. The van der Waals surface area contributed by atoms with E-state index in [0.29, 0.717) is 17.1 Å². The van der Waals surface area contributed by atoms with Gasteiger partial charge in [-0.05, 0) is 41.3 Å². The lowest BCUT2D eigenvalue weighted by Gasteiger charge is -2.19. The van der Waals surface area contributed by atoms with Gasteiger partial charge >= 0.3 is 0 Å². The van der Waals surface area contributed by atoms with E-state index in [9.17, 15) is 9.59 Å². The maximum atomic E-state index is 12.2. The Kier molecular flexibility index (Phi) is 7.34. The zero-order valence-electron chi connectivity index (χ0n) is 16.8. The quantitative estimate of drug-likeness (QED) is 0.571. The SMILES string of the molecule is COc1ccc(C(=O)NNC(=O)CSc2ccc(C(C)(C)C)cc2)cc1OC. The van der Waals surface area contributed by atoms with Crippen molar-refractivity contribution in [3.63, 3.8) is 0 Å². The van der Waals surface area contributed by atoms with Crippen LogP contribution in [0.4, 0.5) is 0 Å². The summed E-state index contributed by atoms with van der Waals surface area (Å²) in [7, 11) is 3.01. The van der Waals surface area contributed by atoms with Crippen molar-refractivity contribution in [2.24, 2.45) is 0 Å². The Morgan fingerprint density at radius 1 is 0.929 bits per heavy atom. The lowest BCUT2D eigenvalue weighted by Crippen LogP contribution is -2.42. The molecule has 2 aromatic carbocycles. The number of nitrogens with one attached hydrogen (secondary N) is 2. The Balaban J connectivity index is 1.84. The highest BCUT2D eigenvalue weighted by Crippen LogP contribution is 2.27. The summed E-state index contributed by atoms with van der Waals surface area (Å²) < 4.78 is 10.3. The number of thioether (sulfide) groups is 1. The predicted octanol–water partition coefficient (Wildman–Crippen LogP) is 3.55. The third kappa shape index (κ3) is 5.92. The molecule has 0 spiro atoms. The van der Waals surface area contributed by atoms with E-state index in [2.05, 4.69) is 43.8 Å². The van der Waals surface area contributed by atoms with Gasteiger partial charge < -0.3 is 9.47 Å². The van der Waals surface area contributed by atoms with Crippen molar-refractivity contribution in [2.45, 2.75) is 31.1 Å². The molecule has 2 aromatic rings. The third-order valence-corrected chi connectivity index (χ3v) is 5.06. The molecule has 0 fully saturated rings. The van der Waals surface area contributed by atoms with Crippen molar-refractivity contribution in [3.05, 3.63) is 53.6 Å². The van der Waals surface area contributed by atoms with E-state index in [4.69, 9.17) is 9.47 Å². The molecule has 0 radical (unpaired) electrons. The van der Waals surface area contributed by atoms with Crippen molar-refractivity contribution < 1.29 is 19.1 Å². The van der Waals surface area contributed by atoms with Crippen LogP contribution in [0.15, 0.2) is 47.4 Å². The van der Waals surface area contributed by atoms with E-state index in [0.717, 1.165) is 4.90 Å². The van der Waals surface area contributed by atoms with Gasteiger partial charge in [-0.25, -0.2) is 0 Å². The summed E-state index contributed by atoms with van der Waals surface area (Å²) >= 11 is 1.41. The van der Waals surface area contributed by atoms with Crippen molar-refractivity contribution in [1.29, 1.82) is 0 Å². The number of hydrazine groups is 1. The highest BCUT2D eigenvalue weighted by Gasteiger charge is 2.14. The minimum atomic E-state index is -0.436. The molecule has 150 valence electrons. The fourth-order valence-electron chi connectivity index (χ4n) is 2.41. The Morgan fingerprint density at radius 3 is 2.14 bits per heavy atom. The van der Waals surface area contributed by atoms with Gasteiger partial charge in [-0.3, -0.25) is 20.4 Å². The van der Waals surface area contributed by atoms with E-state index in [1.54, 1.807) is 18.2 Å². The number of methoxy groups -OCH3 is 2. The summed E-state index contributed by atoms with van der Waals surface area (Å²) in [5.41, 5.74) is 6.51. The first-order chi connectivity index (χ1) is 13.2. The molecule has 0 atom stereocenters. The van der Waals surface area contributed by atoms with Gasteiger partial charge in [0.15, 0.2) is 11.5 Å². The number of carbonyl (C=O) groups excluding carboxylic acids is 2. The van der Waals surface area contributed by atoms with Gasteiger partial charge in [-0.2, -0.15) is 0 Å². The molecule has 0 bridgehead atoms. The zero-order valence-corrected chi connectivity index (χ0v) is 17.6. The normalized spacial score (nSPS) is 10.9. The summed E-state index contributed by atoms with van der Waals surface area (Å²) in [6, 6.07) is 12.9. The summed E-state index contributed by atoms with van der Waals surface area (Å²) in [5.74, 6) is 0.432. The van der Waals surface area contributed by atoms with Crippen LogP contribution >= 0.6 is 11.8 Å². The van der Waals surface area contributed by atoms with Gasteiger partial charge in [0, 0.05) is 10.5 Å². The minimum absolute atomic E-state index is 0.0923. The van der Waals surface area contributed by atoms with Crippen molar-refractivity contribution >= 4 is 23.6 Å². The van der Waals surface area contributed by atoms with Crippen molar-refractivity contribution in [3.8, 4) is 11.5 Å². The van der Waals surface area contributed by atoms with E-state index in [1.165, 1.54) is 31.5 Å². The lowest BCUT2D eigenvalue weighted by molar-refractivity contribution is -0.119. The van der Waals surface area contributed by atoms with Gasteiger partial charge in [0.05, 0.1) is 20.0 Å². The Morgan fingerprint density at radius 2 is 1.57 bits per heavy atom. The maximum absolute atomic E-state index is 12.2. The number of ether oxygens (including phenoxy) is 2. The summed E-state index contributed by atoms with van der Waals surface area (Å²) in [4.78, 5) is 25.2. The molecule has 0 aliphatic heterocycles. The number of carbonyl (C=O) groups is 2. The third-order valence-electron chi connectivity index (χ3n) is 4.05. The summed E-state index contributed by atoms with van der Waals surface area (Å²) in [6.07, 6.45) is 0. The monoisotopic (exact) mass is 402 g/mol. The van der Waals surface area contributed by atoms with Crippen LogP contribution in [0.5, 0.6) is 11.5 Å². The molecule has 0 heterocycles. The van der Waals surface area contributed by atoms with Gasteiger partial charge in [-0.1, -0.05) is 32.9 Å². The molecule has 2 amide bonds. The molecule has 0 aliphatic rings. The average molecular weight is 403 g/mol. The summed E-state index contributed by atoms with van der Waals surface area (Å²) in [5, 5.41) is 0. The second kappa shape index (κ2) is 9.50. The first-order valence-corrected chi connectivity index (χ1v) is 9.77. The largest absolute Gasteiger partial charge is 0.493 e. The number of hydrogen-bond acceptors (Lipinski definition) is 5. The number of hydrogen-bond donors (Lipinski definition) is 2. The van der Waals surface area contributed by atoms with Crippen LogP contribution in [-0.2, 0) is 10.2 Å².